The van der Waals surface area contributed by atoms with Crippen molar-refractivity contribution >= 4 is 17.4 Å². The quantitative estimate of drug-likeness (QED) is 0.0767. The van der Waals surface area contributed by atoms with Gasteiger partial charge in [0.15, 0.2) is 5.82 Å². The van der Waals surface area contributed by atoms with Crippen molar-refractivity contribution in [2.75, 3.05) is 13.7 Å². The Kier molecular flexibility index (Phi) is 6.43. The van der Waals surface area contributed by atoms with Crippen molar-refractivity contribution in [2.45, 2.75) is 6.92 Å². The standard InChI is InChI=1S/C15H13F3N2O5/c1-4-5-19-6-8(15(22)25-3)14(21)9-10(16)7(2)11(17)12(18)13(9)20(23)24/h4,6,19H,1,5H2,2-3H3/b8-6+. The maximum atomic E-state index is 14.3. The van der Waals surface area contributed by atoms with Gasteiger partial charge >= 0.3 is 11.7 Å². The number of benzene rings is 1. The number of hydrogen-bond donors (Lipinski definition) is 1. The Hall–Kier alpha value is -3.17. The van der Waals surface area contributed by atoms with Crippen LogP contribution in [0, 0.1) is 34.5 Å². The number of nitrogens with zero attached hydrogens (tertiary/aromatic N) is 1. The molecular formula is C15H13F3N2O5. The number of nitro groups is 1. The minimum absolute atomic E-state index is 0.0924. The van der Waals surface area contributed by atoms with Crippen LogP contribution < -0.4 is 5.32 Å². The van der Waals surface area contributed by atoms with E-state index in [4.69, 9.17) is 0 Å². The summed E-state index contributed by atoms with van der Waals surface area (Å²) in [6.45, 7) is 4.27. The van der Waals surface area contributed by atoms with Crippen LogP contribution in [0.3, 0.4) is 0 Å². The number of carbonyl (C=O) groups is 2. The fraction of sp³-hybridized carbons (Fsp3) is 0.200. The van der Waals surface area contributed by atoms with Gasteiger partial charge in [-0.1, -0.05) is 6.08 Å². The topological polar surface area (TPSA) is 98.5 Å². The monoisotopic (exact) mass is 358 g/mol. The van der Waals surface area contributed by atoms with Crippen LogP contribution >= 0.6 is 0 Å². The van der Waals surface area contributed by atoms with Crippen molar-refractivity contribution in [1.29, 1.82) is 0 Å². The number of hydrogen-bond acceptors (Lipinski definition) is 6. The molecule has 0 spiro atoms. The van der Waals surface area contributed by atoms with E-state index in [2.05, 4.69) is 16.6 Å². The van der Waals surface area contributed by atoms with Gasteiger partial charge in [0.25, 0.3) is 0 Å². The molecule has 0 unspecified atom stereocenters. The molecule has 0 aromatic heterocycles. The summed E-state index contributed by atoms with van der Waals surface area (Å²) >= 11 is 0. The molecule has 1 aromatic rings. The number of ether oxygens (including phenoxy) is 1. The van der Waals surface area contributed by atoms with Gasteiger partial charge in [-0.3, -0.25) is 14.9 Å². The average Bonchev–Trinajstić information content (AvgIpc) is 2.58. The molecule has 7 nitrogen and oxygen atoms in total. The molecule has 0 fully saturated rings. The van der Waals surface area contributed by atoms with E-state index in [1.807, 2.05) is 0 Å². The van der Waals surface area contributed by atoms with E-state index in [1.54, 1.807) is 0 Å². The number of nitrogens with one attached hydrogen (secondary N) is 1. The number of rotatable bonds is 7. The Balaban J connectivity index is 3.69. The highest BCUT2D eigenvalue weighted by Crippen LogP contribution is 2.32. The van der Waals surface area contributed by atoms with Gasteiger partial charge in [0.2, 0.25) is 11.6 Å². The molecule has 0 bridgehead atoms. The minimum Gasteiger partial charge on any atom is -0.465 e. The molecule has 1 N–H and O–H groups in total. The van der Waals surface area contributed by atoms with Crippen molar-refractivity contribution < 1.29 is 32.4 Å². The number of carbonyl (C=O) groups excluding carboxylic acids is 2. The molecule has 25 heavy (non-hydrogen) atoms. The van der Waals surface area contributed by atoms with Gasteiger partial charge in [0.1, 0.15) is 17.0 Å². The van der Waals surface area contributed by atoms with Crippen LogP contribution in [0.5, 0.6) is 0 Å². The number of ketones is 1. The van der Waals surface area contributed by atoms with Crippen LogP contribution in [0.25, 0.3) is 0 Å². The molecule has 0 radical (unpaired) electrons. The number of methoxy groups -OCH3 is 1. The summed E-state index contributed by atoms with van der Waals surface area (Å²) in [5.41, 5.74) is -4.85. The predicted octanol–water partition coefficient (Wildman–Crippen LogP) is 2.34. The third-order valence-corrected chi connectivity index (χ3v) is 3.08. The number of esters is 1. The summed E-state index contributed by atoms with van der Waals surface area (Å²) in [7, 11) is 0.915. The second-order valence-electron chi connectivity index (χ2n) is 4.62. The van der Waals surface area contributed by atoms with Gasteiger partial charge in [0, 0.05) is 18.3 Å². The predicted molar refractivity (Wildman–Crippen MR) is 80.3 cm³/mol. The van der Waals surface area contributed by atoms with Crippen molar-refractivity contribution in [2.24, 2.45) is 0 Å². The zero-order valence-electron chi connectivity index (χ0n) is 13.2. The van der Waals surface area contributed by atoms with E-state index in [1.165, 1.54) is 6.08 Å². The van der Waals surface area contributed by atoms with Crippen LogP contribution in [-0.4, -0.2) is 30.3 Å². The summed E-state index contributed by atoms with van der Waals surface area (Å²) < 4.78 is 46.1. The van der Waals surface area contributed by atoms with Crippen molar-refractivity contribution in [3.63, 3.8) is 0 Å². The molecule has 0 aliphatic heterocycles. The Labute approximate surface area is 139 Å². The molecule has 1 aromatic carbocycles. The van der Waals surface area contributed by atoms with Crippen molar-refractivity contribution in [3.8, 4) is 0 Å². The lowest BCUT2D eigenvalue weighted by Gasteiger charge is -2.10. The minimum atomic E-state index is -2.00. The molecule has 0 saturated heterocycles. The molecular weight excluding hydrogens is 345 g/mol. The van der Waals surface area contributed by atoms with Crippen LogP contribution in [0.15, 0.2) is 24.4 Å². The van der Waals surface area contributed by atoms with Gasteiger partial charge in [-0.2, -0.15) is 4.39 Å². The van der Waals surface area contributed by atoms with Crippen LogP contribution in [0.1, 0.15) is 15.9 Å². The first-order chi connectivity index (χ1) is 11.7. The van der Waals surface area contributed by atoms with Gasteiger partial charge < -0.3 is 10.1 Å². The zero-order valence-corrected chi connectivity index (χ0v) is 13.2. The lowest BCUT2D eigenvalue weighted by molar-refractivity contribution is -0.388. The van der Waals surface area contributed by atoms with E-state index in [9.17, 15) is 32.9 Å². The molecule has 0 saturated carbocycles. The number of halogens is 3. The Morgan fingerprint density at radius 2 is 1.88 bits per heavy atom. The number of Topliss-reactive ketones (excluding diaryl/α,β-unsaturated/α-hetero) is 1. The Morgan fingerprint density at radius 1 is 1.28 bits per heavy atom. The first-order valence-corrected chi connectivity index (χ1v) is 6.67. The van der Waals surface area contributed by atoms with Crippen LogP contribution in [-0.2, 0) is 9.53 Å². The van der Waals surface area contributed by atoms with E-state index in [0.717, 1.165) is 20.2 Å². The highest BCUT2D eigenvalue weighted by Gasteiger charge is 2.37. The second-order valence-corrected chi connectivity index (χ2v) is 4.62. The first-order valence-electron chi connectivity index (χ1n) is 6.67. The summed E-state index contributed by atoms with van der Waals surface area (Å²) in [5.74, 6) is -8.23. The van der Waals surface area contributed by atoms with E-state index >= 15 is 0 Å². The Morgan fingerprint density at radius 3 is 2.36 bits per heavy atom. The molecule has 0 aliphatic rings. The SMILES string of the molecule is C=CCN/C=C(/C(=O)OC)C(=O)c1c(F)c(C)c(F)c(F)c1[N+](=O)[O-]. The molecule has 0 atom stereocenters. The number of nitro benzene ring substituents is 1. The van der Waals surface area contributed by atoms with E-state index < -0.39 is 56.5 Å². The zero-order chi connectivity index (χ0) is 19.3. The largest absolute Gasteiger partial charge is 0.465 e. The van der Waals surface area contributed by atoms with Gasteiger partial charge in [-0.15, -0.1) is 6.58 Å². The summed E-state index contributed by atoms with van der Waals surface area (Å²) in [6.07, 6.45) is 2.18. The van der Waals surface area contributed by atoms with Crippen molar-refractivity contribution in [3.05, 3.63) is 63.1 Å². The molecule has 134 valence electrons. The normalized spacial score (nSPS) is 11.0. The lowest BCUT2D eigenvalue weighted by Crippen LogP contribution is -2.22. The molecule has 10 heteroatoms. The average molecular weight is 358 g/mol. The molecule has 0 heterocycles. The van der Waals surface area contributed by atoms with Gasteiger partial charge in [-0.05, 0) is 6.92 Å². The summed E-state index contributed by atoms with van der Waals surface area (Å²) in [6, 6.07) is 0. The summed E-state index contributed by atoms with van der Waals surface area (Å²) in [4.78, 5) is 33.7. The Bertz CT molecular complexity index is 790. The fourth-order valence-electron chi connectivity index (χ4n) is 1.85. The van der Waals surface area contributed by atoms with Crippen LogP contribution in [0.4, 0.5) is 18.9 Å². The maximum absolute atomic E-state index is 14.3. The highest BCUT2D eigenvalue weighted by atomic mass is 19.2. The van der Waals surface area contributed by atoms with E-state index in [-0.39, 0.29) is 6.54 Å². The third-order valence-electron chi connectivity index (χ3n) is 3.08. The fourth-order valence-corrected chi connectivity index (χ4v) is 1.85. The van der Waals surface area contributed by atoms with Crippen molar-refractivity contribution in [1.82, 2.24) is 5.32 Å². The molecule has 0 amide bonds. The molecule has 1 rings (SSSR count). The summed E-state index contributed by atoms with van der Waals surface area (Å²) in [5, 5.41) is 13.4. The van der Waals surface area contributed by atoms with Gasteiger partial charge in [0.05, 0.1) is 12.0 Å². The van der Waals surface area contributed by atoms with Gasteiger partial charge in [-0.25, -0.2) is 13.6 Å². The lowest BCUT2D eigenvalue weighted by atomic mass is 9.98. The maximum Gasteiger partial charge on any atom is 0.343 e. The third kappa shape index (κ3) is 3.84. The second kappa shape index (κ2) is 8.08. The smallest absolute Gasteiger partial charge is 0.343 e. The first kappa shape index (κ1) is 19.9. The van der Waals surface area contributed by atoms with E-state index in [0.29, 0.717) is 0 Å². The highest BCUT2D eigenvalue weighted by molar-refractivity contribution is 6.25. The van der Waals surface area contributed by atoms with Crippen LogP contribution in [0.2, 0.25) is 0 Å². The molecule has 0 aliphatic carbocycles.